The summed E-state index contributed by atoms with van der Waals surface area (Å²) in [6.45, 7) is -0.122. The number of esters is 1. The van der Waals surface area contributed by atoms with Gasteiger partial charge >= 0.3 is 11.9 Å². The van der Waals surface area contributed by atoms with Gasteiger partial charge in [-0.3, -0.25) is 14.4 Å². The van der Waals surface area contributed by atoms with Crippen LogP contribution in [0.3, 0.4) is 0 Å². The Morgan fingerprint density at radius 2 is 1.93 bits per heavy atom. The molecular weight excluding hydrogens is 222 g/mol. The first-order valence-corrected chi connectivity index (χ1v) is 5.23. The lowest BCUT2D eigenvalue weighted by molar-refractivity contribution is -0.145. The maximum Gasteiger partial charge on any atom is 0.325 e. The molecule has 6 nitrogen and oxygen atoms in total. The molecule has 0 bridgehead atoms. The van der Waals surface area contributed by atoms with E-state index in [1.807, 2.05) is 0 Å². The number of carboxylic acids is 1. The van der Waals surface area contributed by atoms with Gasteiger partial charge in [0.15, 0.2) is 0 Å². The van der Waals surface area contributed by atoms with E-state index in [2.05, 4.69) is 4.74 Å². The number of carbonyl (C=O) groups excluding carboxylic acids is 2. The number of rotatable bonds is 6. The molecular formula is C8H13NO5S. The highest BCUT2D eigenvalue weighted by atomic mass is 32.2. The highest BCUT2D eigenvalue weighted by molar-refractivity contribution is 8.00. The van der Waals surface area contributed by atoms with Crippen molar-refractivity contribution in [2.45, 2.75) is 0 Å². The molecule has 0 radical (unpaired) electrons. The van der Waals surface area contributed by atoms with E-state index in [0.717, 1.165) is 11.8 Å². The van der Waals surface area contributed by atoms with E-state index in [0.29, 0.717) is 0 Å². The van der Waals surface area contributed by atoms with Crippen LogP contribution in [-0.4, -0.2) is 60.1 Å². The molecule has 0 aromatic heterocycles. The van der Waals surface area contributed by atoms with Crippen molar-refractivity contribution in [2.24, 2.45) is 0 Å². The van der Waals surface area contributed by atoms with Crippen molar-refractivity contribution < 1.29 is 24.2 Å². The Morgan fingerprint density at radius 1 is 1.33 bits per heavy atom. The fourth-order valence-corrected chi connectivity index (χ4v) is 1.35. The fraction of sp³-hybridized carbons (Fsp3) is 0.625. The van der Waals surface area contributed by atoms with Crippen molar-refractivity contribution in [1.29, 1.82) is 0 Å². The first-order chi connectivity index (χ1) is 6.97. The number of aliphatic carboxylic acids is 1. The minimum absolute atomic E-state index is 0.0415. The summed E-state index contributed by atoms with van der Waals surface area (Å²) >= 11 is 0.990. The molecule has 0 aliphatic heterocycles. The van der Waals surface area contributed by atoms with Gasteiger partial charge in [-0.15, -0.1) is 11.8 Å². The van der Waals surface area contributed by atoms with Gasteiger partial charge in [0, 0.05) is 7.05 Å². The van der Waals surface area contributed by atoms with Crippen LogP contribution in [0.2, 0.25) is 0 Å². The Bertz CT molecular complexity index is 255. The molecule has 86 valence electrons. The lowest BCUT2D eigenvalue weighted by Gasteiger charge is -2.14. The van der Waals surface area contributed by atoms with Gasteiger partial charge in [0.05, 0.1) is 18.6 Å². The molecule has 1 N–H and O–H groups in total. The minimum Gasteiger partial charge on any atom is -0.481 e. The molecule has 0 unspecified atom stereocenters. The zero-order valence-corrected chi connectivity index (χ0v) is 9.37. The van der Waals surface area contributed by atoms with Crippen LogP contribution < -0.4 is 0 Å². The first-order valence-electron chi connectivity index (χ1n) is 4.07. The number of nitrogens with zero attached hydrogens (tertiary/aromatic N) is 1. The summed E-state index contributed by atoms with van der Waals surface area (Å²) in [5.41, 5.74) is 0. The van der Waals surface area contributed by atoms with Crippen LogP contribution in [-0.2, 0) is 19.1 Å². The van der Waals surface area contributed by atoms with E-state index in [9.17, 15) is 14.4 Å². The number of hydrogen-bond acceptors (Lipinski definition) is 5. The molecule has 0 atom stereocenters. The third-order valence-corrected chi connectivity index (χ3v) is 2.37. The molecule has 0 aromatic rings. The summed E-state index contributed by atoms with van der Waals surface area (Å²) in [7, 11) is 2.69. The van der Waals surface area contributed by atoms with Crippen LogP contribution in [0.5, 0.6) is 0 Å². The van der Waals surface area contributed by atoms with Gasteiger partial charge in [-0.1, -0.05) is 0 Å². The van der Waals surface area contributed by atoms with Crippen LogP contribution in [0.15, 0.2) is 0 Å². The van der Waals surface area contributed by atoms with Crippen LogP contribution in [0.25, 0.3) is 0 Å². The maximum absolute atomic E-state index is 11.3. The molecule has 0 spiro atoms. The van der Waals surface area contributed by atoms with Crippen molar-refractivity contribution in [1.82, 2.24) is 4.90 Å². The average molecular weight is 235 g/mol. The number of amides is 1. The second kappa shape index (κ2) is 7.10. The predicted octanol–water partition coefficient (Wildman–Crippen LogP) is -0.564. The van der Waals surface area contributed by atoms with Crippen molar-refractivity contribution in [3.05, 3.63) is 0 Å². The summed E-state index contributed by atoms with van der Waals surface area (Å²) in [5.74, 6) is -1.86. The van der Waals surface area contributed by atoms with E-state index >= 15 is 0 Å². The Balaban J connectivity index is 3.79. The third kappa shape index (κ3) is 6.78. The Kier molecular flexibility index (Phi) is 6.52. The summed E-state index contributed by atoms with van der Waals surface area (Å²) in [4.78, 5) is 33.4. The van der Waals surface area contributed by atoms with Crippen molar-refractivity contribution in [2.75, 3.05) is 32.2 Å². The van der Waals surface area contributed by atoms with Crippen molar-refractivity contribution in [3.63, 3.8) is 0 Å². The van der Waals surface area contributed by atoms with Crippen molar-refractivity contribution >= 4 is 29.6 Å². The number of methoxy groups -OCH3 is 1. The van der Waals surface area contributed by atoms with Gasteiger partial charge in [0.1, 0.15) is 6.54 Å². The second-order valence-corrected chi connectivity index (χ2v) is 3.70. The van der Waals surface area contributed by atoms with Gasteiger partial charge in [0.2, 0.25) is 5.91 Å². The molecule has 0 aliphatic rings. The molecule has 0 saturated carbocycles. The summed E-state index contributed by atoms with van der Waals surface area (Å²) in [6, 6.07) is 0. The first kappa shape index (κ1) is 13.8. The zero-order valence-electron chi connectivity index (χ0n) is 8.56. The number of carboxylic acid groups (broad SMARTS) is 1. The lowest BCUT2D eigenvalue weighted by atomic mass is 10.5. The molecule has 15 heavy (non-hydrogen) atoms. The number of likely N-dealkylation sites (N-methyl/N-ethyl adjacent to an activating group) is 1. The molecule has 7 heteroatoms. The van der Waals surface area contributed by atoms with Crippen LogP contribution in [0.1, 0.15) is 0 Å². The monoisotopic (exact) mass is 235 g/mol. The quantitative estimate of drug-likeness (QED) is 0.621. The summed E-state index contributed by atoms with van der Waals surface area (Å²) in [6.07, 6.45) is 0. The van der Waals surface area contributed by atoms with Crippen LogP contribution in [0, 0.1) is 0 Å². The number of hydrogen-bond donors (Lipinski definition) is 1. The van der Waals surface area contributed by atoms with Gasteiger partial charge < -0.3 is 14.7 Å². The van der Waals surface area contributed by atoms with Gasteiger partial charge in [-0.05, 0) is 0 Å². The Morgan fingerprint density at radius 3 is 2.40 bits per heavy atom. The summed E-state index contributed by atoms with van der Waals surface area (Å²) in [5, 5.41) is 8.33. The van der Waals surface area contributed by atoms with E-state index < -0.39 is 11.9 Å². The van der Waals surface area contributed by atoms with E-state index in [-0.39, 0.29) is 24.0 Å². The highest BCUT2D eigenvalue weighted by Gasteiger charge is 2.13. The van der Waals surface area contributed by atoms with Gasteiger partial charge in [-0.2, -0.15) is 0 Å². The van der Waals surface area contributed by atoms with Crippen LogP contribution in [0.4, 0.5) is 0 Å². The van der Waals surface area contributed by atoms with E-state index in [1.165, 1.54) is 19.1 Å². The largest absolute Gasteiger partial charge is 0.481 e. The topological polar surface area (TPSA) is 83.9 Å². The maximum atomic E-state index is 11.3. The standard InChI is InChI=1S/C8H13NO5S/c1-9(3-8(13)14-2)6(10)4-15-5-7(11)12/h3-5H2,1-2H3,(H,11,12). The lowest BCUT2D eigenvalue weighted by Crippen LogP contribution is -2.34. The SMILES string of the molecule is COC(=O)CN(C)C(=O)CSCC(=O)O. The molecule has 0 aromatic carbocycles. The Hall–Kier alpha value is -1.24. The number of ether oxygens (including phenoxy) is 1. The third-order valence-electron chi connectivity index (χ3n) is 1.47. The van der Waals surface area contributed by atoms with Gasteiger partial charge in [0.25, 0.3) is 0 Å². The van der Waals surface area contributed by atoms with Crippen molar-refractivity contribution in [3.8, 4) is 0 Å². The van der Waals surface area contributed by atoms with Gasteiger partial charge in [-0.25, -0.2) is 0 Å². The zero-order chi connectivity index (χ0) is 11.8. The molecule has 0 heterocycles. The molecule has 0 saturated heterocycles. The average Bonchev–Trinajstić information content (AvgIpc) is 2.16. The summed E-state index contributed by atoms with van der Waals surface area (Å²) < 4.78 is 4.38. The number of thioether (sulfide) groups is 1. The molecule has 0 fully saturated rings. The molecule has 0 aliphatic carbocycles. The highest BCUT2D eigenvalue weighted by Crippen LogP contribution is 2.01. The van der Waals surface area contributed by atoms with E-state index in [4.69, 9.17) is 5.11 Å². The minimum atomic E-state index is -0.969. The predicted molar refractivity (Wildman–Crippen MR) is 54.6 cm³/mol. The smallest absolute Gasteiger partial charge is 0.325 e. The van der Waals surface area contributed by atoms with E-state index in [1.54, 1.807) is 0 Å². The normalized spacial score (nSPS) is 9.47. The fourth-order valence-electron chi connectivity index (χ4n) is 0.682. The van der Waals surface area contributed by atoms with Crippen LogP contribution >= 0.6 is 11.8 Å². The Labute approximate surface area is 91.6 Å². The molecule has 1 amide bonds. The molecule has 0 rings (SSSR count). The second-order valence-electron chi connectivity index (χ2n) is 2.71. The number of carbonyl (C=O) groups is 3.